The minimum absolute atomic E-state index is 0.0984. The number of cyclic esters (lactones) is 1. The number of nitrogens with two attached hydrogens (primary N) is 1. The van der Waals surface area contributed by atoms with Crippen LogP contribution in [0.25, 0.3) is 0 Å². The van der Waals surface area contributed by atoms with Crippen molar-refractivity contribution in [3.63, 3.8) is 0 Å². The molecule has 6 rings (SSSR count). The van der Waals surface area contributed by atoms with Crippen LogP contribution in [0.1, 0.15) is 41.5 Å². The van der Waals surface area contributed by atoms with Crippen LogP contribution in [0.4, 0.5) is 16.4 Å². The molecule has 1 aromatic carbocycles. The SMILES string of the molecule is Cc1cc(OCC2(N)CC2)c(C)c2c1CC(CNCCC1CN(c3cnc4c(n3)NC(=O)CO4)C(=O)O1)C2. The van der Waals surface area contributed by atoms with E-state index >= 15 is 0 Å². The summed E-state index contributed by atoms with van der Waals surface area (Å²) >= 11 is 0. The van der Waals surface area contributed by atoms with E-state index < -0.39 is 6.09 Å². The fraction of sp³-hybridized carbons (Fsp3) is 0.556. The molecule has 38 heavy (non-hydrogen) atoms. The quantitative estimate of drug-likeness (QED) is 0.422. The summed E-state index contributed by atoms with van der Waals surface area (Å²) in [6.07, 6.45) is 5.60. The lowest BCUT2D eigenvalue weighted by atomic mass is 9.99. The van der Waals surface area contributed by atoms with Gasteiger partial charge in [0, 0.05) is 0 Å². The summed E-state index contributed by atoms with van der Waals surface area (Å²) in [7, 11) is 0. The van der Waals surface area contributed by atoms with Gasteiger partial charge in [-0.2, -0.15) is 0 Å². The molecular formula is C27H34N6O5. The second-order valence-corrected chi connectivity index (χ2v) is 11.0. The number of nitrogens with zero attached hydrogens (tertiary/aromatic N) is 3. The van der Waals surface area contributed by atoms with Gasteiger partial charge in [-0.15, -0.1) is 0 Å². The highest BCUT2D eigenvalue weighted by molar-refractivity contribution is 5.94. The smallest absolute Gasteiger partial charge is 0.415 e. The van der Waals surface area contributed by atoms with Crippen molar-refractivity contribution in [1.82, 2.24) is 15.3 Å². The van der Waals surface area contributed by atoms with Crippen molar-refractivity contribution in [2.24, 2.45) is 11.7 Å². The Bertz CT molecular complexity index is 1280. The van der Waals surface area contributed by atoms with Crippen molar-refractivity contribution in [1.29, 1.82) is 0 Å². The van der Waals surface area contributed by atoms with Crippen LogP contribution in [0, 0.1) is 19.8 Å². The van der Waals surface area contributed by atoms with Gasteiger partial charge in [0.25, 0.3) is 11.8 Å². The summed E-state index contributed by atoms with van der Waals surface area (Å²) in [5, 5.41) is 6.17. The zero-order chi connectivity index (χ0) is 26.4. The average Bonchev–Trinajstić information content (AvgIpc) is 3.30. The highest BCUT2D eigenvalue weighted by Crippen LogP contribution is 2.38. The van der Waals surface area contributed by atoms with Crippen LogP contribution in [0.3, 0.4) is 0 Å². The Labute approximate surface area is 221 Å². The Hall–Kier alpha value is -3.44. The summed E-state index contributed by atoms with van der Waals surface area (Å²) in [4.78, 5) is 33.9. The number of nitrogens with one attached hydrogen (secondary N) is 2. The van der Waals surface area contributed by atoms with E-state index in [0.717, 1.165) is 44.5 Å². The lowest BCUT2D eigenvalue weighted by molar-refractivity contribution is -0.118. The first-order valence-electron chi connectivity index (χ1n) is 13.3. The van der Waals surface area contributed by atoms with Crippen LogP contribution in [0.15, 0.2) is 12.3 Å². The van der Waals surface area contributed by atoms with Gasteiger partial charge in [-0.25, -0.2) is 14.8 Å². The molecular weight excluding hydrogens is 488 g/mol. The molecule has 11 heteroatoms. The van der Waals surface area contributed by atoms with Gasteiger partial charge in [0.2, 0.25) is 0 Å². The van der Waals surface area contributed by atoms with Gasteiger partial charge in [0.15, 0.2) is 18.2 Å². The third-order valence-electron chi connectivity index (χ3n) is 7.95. The zero-order valence-corrected chi connectivity index (χ0v) is 21.8. The van der Waals surface area contributed by atoms with Crippen LogP contribution < -0.4 is 30.7 Å². The summed E-state index contributed by atoms with van der Waals surface area (Å²) < 4.78 is 16.9. The molecule has 202 valence electrons. The zero-order valence-electron chi connectivity index (χ0n) is 21.8. The van der Waals surface area contributed by atoms with Crippen molar-refractivity contribution >= 4 is 23.6 Å². The largest absolute Gasteiger partial charge is 0.491 e. The number of anilines is 2. The highest BCUT2D eigenvalue weighted by Gasteiger charge is 2.39. The lowest BCUT2D eigenvalue weighted by Gasteiger charge is -2.18. The lowest BCUT2D eigenvalue weighted by Crippen LogP contribution is -2.30. The Morgan fingerprint density at radius 1 is 1.26 bits per heavy atom. The normalized spacial score (nSPS) is 22.9. The molecule has 2 atom stereocenters. The van der Waals surface area contributed by atoms with Gasteiger partial charge in [-0.1, -0.05) is 0 Å². The second-order valence-electron chi connectivity index (χ2n) is 11.0. The minimum atomic E-state index is -0.468. The van der Waals surface area contributed by atoms with E-state index in [1.807, 2.05) is 0 Å². The fourth-order valence-electron chi connectivity index (χ4n) is 5.45. The molecule has 2 fully saturated rings. The molecule has 4 N–H and O–H groups in total. The molecule has 0 radical (unpaired) electrons. The molecule has 2 aliphatic carbocycles. The monoisotopic (exact) mass is 522 g/mol. The number of aryl methyl sites for hydroxylation is 1. The maximum atomic E-state index is 12.5. The third kappa shape index (κ3) is 5.00. The Morgan fingerprint density at radius 3 is 2.89 bits per heavy atom. The average molecular weight is 523 g/mol. The molecule has 3 heterocycles. The number of hydrogen-bond donors (Lipinski definition) is 3. The maximum Gasteiger partial charge on any atom is 0.415 e. The first kappa shape index (κ1) is 24.9. The van der Waals surface area contributed by atoms with Crippen molar-refractivity contribution in [2.45, 2.75) is 57.6 Å². The predicted molar refractivity (Wildman–Crippen MR) is 140 cm³/mol. The molecule has 1 saturated heterocycles. The van der Waals surface area contributed by atoms with Crippen molar-refractivity contribution < 1.29 is 23.8 Å². The number of hydrogen-bond acceptors (Lipinski definition) is 9. The number of amides is 2. The van der Waals surface area contributed by atoms with Crippen LogP contribution in [0.5, 0.6) is 11.6 Å². The Balaban J connectivity index is 0.981. The molecule has 2 aliphatic heterocycles. The fourth-order valence-corrected chi connectivity index (χ4v) is 5.45. The summed E-state index contributed by atoms with van der Waals surface area (Å²) in [6, 6.07) is 2.17. The van der Waals surface area contributed by atoms with Crippen LogP contribution >= 0.6 is 0 Å². The molecule has 2 aromatic rings. The summed E-state index contributed by atoms with van der Waals surface area (Å²) in [5.41, 5.74) is 11.5. The van der Waals surface area contributed by atoms with E-state index in [1.54, 1.807) is 0 Å². The Kier molecular flexibility index (Phi) is 6.35. The molecule has 0 bridgehead atoms. The molecule has 4 aliphatic rings. The molecule has 2 unspecified atom stereocenters. The van der Waals surface area contributed by atoms with E-state index in [9.17, 15) is 9.59 Å². The summed E-state index contributed by atoms with van der Waals surface area (Å²) in [5.74, 6) is 1.97. The number of carbonyl (C=O) groups is 2. The number of ether oxygens (including phenoxy) is 3. The van der Waals surface area contributed by atoms with Crippen molar-refractivity contribution in [3.05, 3.63) is 34.5 Å². The number of carbonyl (C=O) groups excluding carboxylic acids is 2. The maximum absolute atomic E-state index is 12.5. The van der Waals surface area contributed by atoms with Gasteiger partial charge in [0.05, 0.1) is 18.3 Å². The van der Waals surface area contributed by atoms with E-state index in [0.29, 0.717) is 31.3 Å². The molecule has 0 spiro atoms. The van der Waals surface area contributed by atoms with Gasteiger partial charge in [-0.3, -0.25) is 9.69 Å². The summed E-state index contributed by atoms with van der Waals surface area (Å²) in [6.45, 7) is 6.84. The first-order valence-corrected chi connectivity index (χ1v) is 13.3. The van der Waals surface area contributed by atoms with E-state index in [-0.39, 0.29) is 35.9 Å². The first-order chi connectivity index (χ1) is 18.3. The Morgan fingerprint density at radius 2 is 2.08 bits per heavy atom. The number of benzene rings is 1. The van der Waals surface area contributed by atoms with Gasteiger partial charge < -0.3 is 30.6 Å². The molecule has 1 aromatic heterocycles. The van der Waals surface area contributed by atoms with Crippen molar-refractivity contribution in [3.8, 4) is 11.6 Å². The van der Waals surface area contributed by atoms with E-state index in [4.69, 9.17) is 19.9 Å². The molecule has 1 saturated carbocycles. The molecule has 11 nitrogen and oxygen atoms in total. The second kappa shape index (κ2) is 9.70. The minimum Gasteiger partial charge on any atom is -0.491 e. The highest BCUT2D eigenvalue weighted by atomic mass is 16.6. The van der Waals surface area contributed by atoms with Gasteiger partial charge >= 0.3 is 6.09 Å². The molecule has 2 amide bonds. The van der Waals surface area contributed by atoms with Crippen LogP contribution in [0.2, 0.25) is 0 Å². The third-order valence-corrected chi connectivity index (χ3v) is 7.95. The number of fused-ring (bicyclic) bond motifs is 2. The topological polar surface area (TPSA) is 141 Å². The predicted octanol–water partition coefficient (Wildman–Crippen LogP) is 2.01. The standard InChI is InChI=1S/C27H34N6O5/c1-15-7-21(37-14-27(28)4-5-27)16(2)20-9-17(8-19(15)20)10-29-6-3-18-12-33(26(35)38-18)22-11-30-25-24(31-22)32-23(34)13-36-25/h7,11,17-18,29H,3-6,8-10,12-14,28H2,1-2H3,(H,31,32,34). The van der Waals surface area contributed by atoms with Gasteiger partial charge in [-0.05, 0) is 93.3 Å². The van der Waals surface area contributed by atoms with Gasteiger partial charge in [0.1, 0.15) is 18.5 Å². The van der Waals surface area contributed by atoms with E-state index in [2.05, 4.69) is 40.5 Å². The van der Waals surface area contributed by atoms with Crippen LogP contribution in [-0.2, 0) is 22.4 Å². The van der Waals surface area contributed by atoms with E-state index in [1.165, 1.54) is 33.4 Å². The van der Waals surface area contributed by atoms with Crippen molar-refractivity contribution in [2.75, 3.05) is 43.1 Å². The number of rotatable bonds is 9. The van der Waals surface area contributed by atoms with Crippen LogP contribution in [-0.4, -0.2) is 66.5 Å². The number of aromatic nitrogens is 2.